The zero-order valence-electron chi connectivity index (χ0n) is 11.9. The van der Waals surface area contributed by atoms with E-state index in [-0.39, 0.29) is 0 Å². The Bertz CT molecular complexity index is 854. The SMILES string of the molecule is Cc1ccc(-c2n[nH]c(=S)n2/N=C/C=C/c2ccco2)cc1. The molecule has 22 heavy (non-hydrogen) atoms. The smallest absolute Gasteiger partial charge is 0.216 e. The topological polar surface area (TPSA) is 59.1 Å². The van der Waals surface area contributed by atoms with E-state index in [1.165, 1.54) is 5.56 Å². The lowest BCUT2D eigenvalue weighted by molar-refractivity contribution is 0.557. The van der Waals surface area contributed by atoms with E-state index in [9.17, 15) is 0 Å². The molecule has 0 spiro atoms. The molecule has 3 rings (SSSR count). The van der Waals surface area contributed by atoms with Crippen molar-refractivity contribution < 1.29 is 4.42 Å². The average molecular weight is 310 g/mol. The maximum Gasteiger partial charge on any atom is 0.216 e. The van der Waals surface area contributed by atoms with E-state index >= 15 is 0 Å². The number of aromatic nitrogens is 3. The Hall–Kier alpha value is -2.73. The highest BCUT2D eigenvalue weighted by Crippen LogP contribution is 2.17. The van der Waals surface area contributed by atoms with Gasteiger partial charge in [-0.1, -0.05) is 29.8 Å². The largest absolute Gasteiger partial charge is 0.465 e. The number of furan rings is 1. The van der Waals surface area contributed by atoms with Crippen LogP contribution in [0.25, 0.3) is 17.5 Å². The van der Waals surface area contributed by atoms with Gasteiger partial charge < -0.3 is 4.42 Å². The average Bonchev–Trinajstić information content (AvgIpc) is 3.15. The van der Waals surface area contributed by atoms with Gasteiger partial charge in [0.1, 0.15) is 5.76 Å². The second-order valence-electron chi connectivity index (χ2n) is 4.67. The highest BCUT2D eigenvalue weighted by atomic mass is 32.1. The lowest BCUT2D eigenvalue weighted by Gasteiger charge is -2.00. The van der Waals surface area contributed by atoms with Crippen molar-refractivity contribution >= 4 is 24.5 Å². The summed E-state index contributed by atoms with van der Waals surface area (Å²) in [5.74, 6) is 1.44. The third-order valence-electron chi connectivity index (χ3n) is 3.03. The van der Waals surface area contributed by atoms with Crippen molar-refractivity contribution in [3.8, 4) is 11.4 Å². The minimum absolute atomic E-state index is 0.443. The van der Waals surface area contributed by atoms with Gasteiger partial charge in [0, 0.05) is 11.8 Å². The van der Waals surface area contributed by atoms with Crippen LogP contribution in [0.3, 0.4) is 0 Å². The summed E-state index contributed by atoms with van der Waals surface area (Å²) < 4.78 is 7.24. The molecule has 2 heterocycles. The normalized spacial score (nSPS) is 11.7. The third-order valence-corrected chi connectivity index (χ3v) is 3.30. The highest BCUT2D eigenvalue weighted by molar-refractivity contribution is 7.71. The molecule has 1 aromatic carbocycles. The predicted molar refractivity (Wildman–Crippen MR) is 89.2 cm³/mol. The van der Waals surface area contributed by atoms with E-state index in [4.69, 9.17) is 16.6 Å². The first-order chi connectivity index (χ1) is 10.7. The van der Waals surface area contributed by atoms with Crippen LogP contribution in [0.2, 0.25) is 0 Å². The molecular weight excluding hydrogens is 296 g/mol. The Balaban J connectivity index is 1.86. The fourth-order valence-corrected chi connectivity index (χ4v) is 2.10. The number of hydrogen-bond donors (Lipinski definition) is 1. The van der Waals surface area contributed by atoms with E-state index < -0.39 is 0 Å². The minimum Gasteiger partial charge on any atom is -0.465 e. The summed E-state index contributed by atoms with van der Waals surface area (Å²) in [5, 5.41) is 11.3. The Morgan fingerprint density at radius 1 is 1.27 bits per heavy atom. The summed E-state index contributed by atoms with van der Waals surface area (Å²) in [4.78, 5) is 0. The van der Waals surface area contributed by atoms with Gasteiger partial charge in [-0.05, 0) is 43.4 Å². The van der Waals surface area contributed by atoms with E-state index in [0.717, 1.165) is 11.3 Å². The summed E-state index contributed by atoms with van der Waals surface area (Å²) in [6.45, 7) is 2.04. The molecule has 0 fully saturated rings. The Kier molecular flexibility index (Phi) is 4.11. The van der Waals surface area contributed by atoms with Crippen LogP contribution < -0.4 is 0 Å². The number of aromatic amines is 1. The van der Waals surface area contributed by atoms with Crippen molar-refractivity contribution in [3.63, 3.8) is 0 Å². The molecule has 0 saturated heterocycles. The maximum atomic E-state index is 5.22. The fourth-order valence-electron chi connectivity index (χ4n) is 1.92. The van der Waals surface area contributed by atoms with Gasteiger partial charge in [0.15, 0.2) is 5.82 Å². The molecular formula is C16H14N4OS. The molecule has 1 N–H and O–H groups in total. The third kappa shape index (κ3) is 3.12. The van der Waals surface area contributed by atoms with Gasteiger partial charge in [-0.3, -0.25) is 0 Å². The van der Waals surface area contributed by atoms with Crippen LogP contribution in [0.1, 0.15) is 11.3 Å². The molecule has 0 saturated carbocycles. The summed E-state index contributed by atoms with van der Waals surface area (Å²) in [6, 6.07) is 11.7. The summed E-state index contributed by atoms with van der Waals surface area (Å²) in [5.41, 5.74) is 2.14. The lowest BCUT2D eigenvalue weighted by Crippen LogP contribution is -1.93. The summed E-state index contributed by atoms with van der Waals surface area (Å²) >= 11 is 5.22. The number of aryl methyl sites for hydroxylation is 1. The van der Waals surface area contributed by atoms with E-state index in [0.29, 0.717) is 10.6 Å². The quantitative estimate of drug-likeness (QED) is 0.584. The van der Waals surface area contributed by atoms with Gasteiger partial charge in [-0.25, -0.2) is 5.10 Å². The van der Waals surface area contributed by atoms with Gasteiger partial charge in [-0.15, -0.1) is 0 Å². The Labute approximate surface area is 132 Å². The number of nitrogens with one attached hydrogen (secondary N) is 1. The first kappa shape index (κ1) is 14.2. The number of rotatable bonds is 4. The van der Waals surface area contributed by atoms with Crippen LogP contribution >= 0.6 is 12.2 Å². The molecule has 0 bridgehead atoms. The number of H-pyrrole nitrogens is 1. The molecule has 0 aliphatic rings. The van der Waals surface area contributed by atoms with Crippen molar-refractivity contribution in [2.45, 2.75) is 6.92 Å². The zero-order chi connectivity index (χ0) is 15.4. The summed E-state index contributed by atoms with van der Waals surface area (Å²) in [7, 11) is 0. The van der Waals surface area contributed by atoms with Crippen molar-refractivity contribution in [2.24, 2.45) is 5.10 Å². The van der Waals surface area contributed by atoms with E-state index in [1.54, 1.807) is 23.2 Å². The number of nitrogens with zero attached hydrogens (tertiary/aromatic N) is 3. The van der Waals surface area contributed by atoms with Gasteiger partial charge in [0.05, 0.1) is 6.26 Å². The molecule has 3 aromatic rings. The van der Waals surface area contributed by atoms with E-state index in [2.05, 4.69) is 15.3 Å². The van der Waals surface area contributed by atoms with Crippen LogP contribution in [0.5, 0.6) is 0 Å². The molecule has 0 aliphatic heterocycles. The molecule has 110 valence electrons. The van der Waals surface area contributed by atoms with Gasteiger partial charge in [0.2, 0.25) is 4.77 Å². The van der Waals surface area contributed by atoms with Crippen LogP contribution in [0.4, 0.5) is 0 Å². The highest BCUT2D eigenvalue weighted by Gasteiger charge is 2.07. The van der Waals surface area contributed by atoms with Gasteiger partial charge >= 0.3 is 0 Å². The molecule has 0 atom stereocenters. The molecule has 0 radical (unpaired) electrons. The molecule has 0 amide bonds. The lowest BCUT2D eigenvalue weighted by atomic mass is 10.1. The zero-order valence-corrected chi connectivity index (χ0v) is 12.7. The maximum absolute atomic E-state index is 5.22. The van der Waals surface area contributed by atoms with E-state index in [1.807, 2.05) is 49.4 Å². The number of benzene rings is 1. The summed E-state index contributed by atoms with van der Waals surface area (Å²) in [6.07, 6.45) is 6.87. The van der Waals surface area contributed by atoms with Crippen molar-refractivity contribution in [1.29, 1.82) is 0 Å². The van der Waals surface area contributed by atoms with Gasteiger partial charge in [-0.2, -0.15) is 14.9 Å². The van der Waals surface area contributed by atoms with Crippen LogP contribution in [0, 0.1) is 11.7 Å². The molecule has 2 aromatic heterocycles. The monoisotopic (exact) mass is 310 g/mol. The van der Waals surface area contributed by atoms with Gasteiger partial charge in [0.25, 0.3) is 0 Å². The first-order valence-electron chi connectivity index (χ1n) is 6.73. The van der Waals surface area contributed by atoms with Crippen LogP contribution in [-0.2, 0) is 0 Å². The number of allylic oxidation sites excluding steroid dienone is 1. The first-order valence-corrected chi connectivity index (χ1v) is 7.14. The Morgan fingerprint density at radius 3 is 2.82 bits per heavy atom. The Morgan fingerprint density at radius 2 is 2.09 bits per heavy atom. The second kappa shape index (κ2) is 6.36. The molecule has 5 nitrogen and oxygen atoms in total. The standard InChI is InChI=1S/C16H14N4OS/c1-12-6-8-13(9-7-12)15-18-19-16(22)20(15)17-10-2-4-14-5-3-11-21-14/h2-11H,1H3,(H,19,22)/b4-2+,17-10+. The predicted octanol–water partition coefficient (Wildman–Crippen LogP) is 4.06. The van der Waals surface area contributed by atoms with Crippen LogP contribution in [-0.4, -0.2) is 21.1 Å². The molecule has 0 unspecified atom stereocenters. The van der Waals surface area contributed by atoms with Crippen molar-refractivity contribution in [2.75, 3.05) is 0 Å². The number of hydrogen-bond acceptors (Lipinski definition) is 4. The van der Waals surface area contributed by atoms with Crippen LogP contribution in [0.15, 0.2) is 58.3 Å². The second-order valence-corrected chi connectivity index (χ2v) is 5.06. The fraction of sp³-hybridized carbons (Fsp3) is 0.0625. The minimum atomic E-state index is 0.443. The molecule has 6 heteroatoms. The van der Waals surface area contributed by atoms with Crippen molar-refractivity contribution in [1.82, 2.24) is 14.9 Å². The molecule has 0 aliphatic carbocycles. The van der Waals surface area contributed by atoms with Crippen molar-refractivity contribution in [3.05, 3.63) is 64.8 Å².